The van der Waals surface area contributed by atoms with Gasteiger partial charge in [0.05, 0.1) is 30.8 Å². The maximum absolute atomic E-state index is 5.53. The summed E-state index contributed by atoms with van der Waals surface area (Å²) in [5.74, 6) is 1.46. The molecule has 0 bridgehead atoms. The van der Waals surface area contributed by atoms with Gasteiger partial charge in [0.2, 0.25) is 0 Å². The Morgan fingerprint density at radius 2 is 2.06 bits per heavy atom. The molecule has 2 atom stereocenters. The summed E-state index contributed by atoms with van der Waals surface area (Å²) in [5.41, 5.74) is 3.85. The van der Waals surface area contributed by atoms with Crippen molar-refractivity contribution in [2.24, 2.45) is 11.8 Å². The third-order valence-corrected chi connectivity index (χ3v) is 5.31. The fourth-order valence-electron chi connectivity index (χ4n) is 3.22. The monoisotopic (exact) mass is 354 g/mol. The molecule has 94 valence electrons. The zero-order chi connectivity index (χ0) is 12.1. The van der Waals surface area contributed by atoms with E-state index in [-0.39, 0.29) is 0 Å². The molecule has 2 aliphatic heterocycles. The minimum atomic E-state index is 0.730. The molecular formula is C14H15IN2O. The molecule has 4 heteroatoms. The lowest BCUT2D eigenvalue weighted by molar-refractivity contribution is 0.177. The molecule has 3 nitrogen and oxygen atoms in total. The largest absolute Gasteiger partial charge is 0.381 e. The highest BCUT2D eigenvalue weighted by Gasteiger charge is 2.37. The van der Waals surface area contributed by atoms with Gasteiger partial charge in [0.1, 0.15) is 0 Å². The summed E-state index contributed by atoms with van der Waals surface area (Å²) >= 11 is 2.41. The van der Waals surface area contributed by atoms with Gasteiger partial charge in [-0.2, -0.15) is 0 Å². The molecular weight excluding hydrogens is 339 g/mol. The van der Waals surface area contributed by atoms with Crippen LogP contribution in [-0.4, -0.2) is 31.3 Å². The van der Waals surface area contributed by atoms with E-state index in [0.717, 1.165) is 44.6 Å². The molecule has 2 fully saturated rings. The van der Waals surface area contributed by atoms with Crippen molar-refractivity contribution in [3.05, 3.63) is 29.6 Å². The molecule has 18 heavy (non-hydrogen) atoms. The first-order chi connectivity index (χ1) is 8.81. The number of allylic oxidation sites excluding steroid dienone is 1. The highest BCUT2D eigenvalue weighted by molar-refractivity contribution is 14.1. The van der Waals surface area contributed by atoms with E-state index in [9.17, 15) is 0 Å². The van der Waals surface area contributed by atoms with Crippen LogP contribution < -0.4 is 4.90 Å². The van der Waals surface area contributed by atoms with E-state index in [4.69, 9.17) is 4.74 Å². The summed E-state index contributed by atoms with van der Waals surface area (Å²) in [6.07, 6.45) is 5.30. The SMILES string of the molecule is IC1=CCc2ncc(N3C[C@H]4COC[C@H]4C3)cc21. The molecule has 3 heterocycles. The molecule has 1 aromatic heterocycles. The van der Waals surface area contributed by atoms with Gasteiger partial charge in [0, 0.05) is 40.5 Å². The highest BCUT2D eigenvalue weighted by Crippen LogP contribution is 2.36. The quantitative estimate of drug-likeness (QED) is 0.725. The number of fused-ring (bicyclic) bond motifs is 2. The van der Waals surface area contributed by atoms with Gasteiger partial charge in [-0.3, -0.25) is 4.98 Å². The Kier molecular flexibility index (Phi) is 2.62. The van der Waals surface area contributed by atoms with E-state index in [1.54, 1.807) is 0 Å². The predicted molar refractivity (Wildman–Crippen MR) is 80.0 cm³/mol. The van der Waals surface area contributed by atoms with Gasteiger partial charge in [-0.05, 0) is 28.7 Å². The van der Waals surface area contributed by atoms with Crippen molar-refractivity contribution >= 4 is 31.9 Å². The normalized spacial score (nSPS) is 29.4. The second kappa shape index (κ2) is 4.20. The van der Waals surface area contributed by atoms with Gasteiger partial charge < -0.3 is 9.64 Å². The van der Waals surface area contributed by atoms with Gasteiger partial charge >= 0.3 is 0 Å². The Bertz CT molecular complexity index is 517. The molecule has 2 saturated heterocycles. The van der Waals surface area contributed by atoms with Crippen molar-refractivity contribution in [1.82, 2.24) is 4.98 Å². The van der Waals surface area contributed by atoms with Gasteiger partial charge in [-0.25, -0.2) is 0 Å². The molecule has 3 aliphatic rings. The topological polar surface area (TPSA) is 25.4 Å². The Labute approximate surface area is 120 Å². The van der Waals surface area contributed by atoms with Crippen molar-refractivity contribution in [3.63, 3.8) is 0 Å². The van der Waals surface area contributed by atoms with Crippen molar-refractivity contribution in [2.75, 3.05) is 31.2 Å². The first kappa shape index (κ1) is 11.2. The molecule has 1 aliphatic carbocycles. The lowest BCUT2D eigenvalue weighted by Gasteiger charge is -2.20. The maximum atomic E-state index is 5.53. The molecule has 0 spiro atoms. The number of nitrogens with zero attached hydrogens (tertiary/aromatic N) is 2. The minimum absolute atomic E-state index is 0.730. The third kappa shape index (κ3) is 1.69. The Hall–Kier alpha value is -0.620. The van der Waals surface area contributed by atoms with Gasteiger partial charge in [-0.15, -0.1) is 0 Å². The highest BCUT2D eigenvalue weighted by atomic mass is 127. The first-order valence-electron chi connectivity index (χ1n) is 6.49. The van der Waals surface area contributed by atoms with Gasteiger partial charge in [0.15, 0.2) is 0 Å². The van der Waals surface area contributed by atoms with Gasteiger partial charge in [0.25, 0.3) is 0 Å². The molecule has 0 amide bonds. The number of pyridine rings is 1. The number of rotatable bonds is 1. The van der Waals surface area contributed by atoms with E-state index in [1.807, 2.05) is 6.20 Å². The van der Waals surface area contributed by atoms with E-state index >= 15 is 0 Å². The number of hydrogen-bond donors (Lipinski definition) is 0. The van der Waals surface area contributed by atoms with Crippen molar-refractivity contribution in [3.8, 4) is 0 Å². The van der Waals surface area contributed by atoms with Crippen LogP contribution in [0.2, 0.25) is 0 Å². The van der Waals surface area contributed by atoms with Crippen LogP contribution in [0.15, 0.2) is 18.3 Å². The van der Waals surface area contributed by atoms with Crippen LogP contribution in [0.1, 0.15) is 11.3 Å². The summed E-state index contributed by atoms with van der Waals surface area (Å²) in [6, 6.07) is 2.31. The lowest BCUT2D eigenvalue weighted by Crippen LogP contribution is -2.22. The van der Waals surface area contributed by atoms with Crippen LogP contribution in [0, 0.1) is 11.8 Å². The second-order valence-electron chi connectivity index (χ2n) is 5.41. The maximum Gasteiger partial charge on any atom is 0.0559 e. The van der Waals surface area contributed by atoms with Crippen LogP contribution in [-0.2, 0) is 11.2 Å². The summed E-state index contributed by atoms with van der Waals surface area (Å²) in [6.45, 7) is 4.14. The van der Waals surface area contributed by atoms with Gasteiger partial charge in [-0.1, -0.05) is 6.08 Å². The molecule has 0 aromatic carbocycles. The third-order valence-electron chi connectivity index (χ3n) is 4.29. The number of halogens is 1. The van der Waals surface area contributed by atoms with E-state index < -0.39 is 0 Å². The van der Waals surface area contributed by atoms with E-state index in [0.29, 0.717) is 0 Å². The van der Waals surface area contributed by atoms with E-state index in [1.165, 1.54) is 20.5 Å². The average molecular weight is 354 g/mol. The lowest BCUT2D eigenvalue weighted by atomic mass is 10.0. The molecule has 0 radical (unpaired) electrons. The number of aromatic nitrogens is 1. The van der Waals surface area contributed by atoms with Crippen LogP contribution >= 0.6 is 22.6 Å². The molecule has 0 N–H and O–H groups in total. The van der Waals surface area contributed by atoms with Crippen LogP contribution in [0.5, 0.6) is 0 Å². The second-order valence-corrected chi connectivity index (χ2v) is 6.57. The van der Waals surface area contributed by atoms with Crippen LogP contribution in [0.4, 0.5) is 5.69 Å². The Morgan fingerprint density at radius 3 is 2.83 bits per heavy atom. The number of anilines is 1. The number of hydrogen-bond acceptors (Lipinski definition) is 3. The smallest absolute Gasteiger partial charge is 0.0559 e. The standard InChI is InChI=1S/C14H15IN2O/c15-13-1-2-14-12(13)3-11(4-16-14)17-5-9-7-18-8-10(9)6-17/h1,3-4,9-10H,2,5-8H2/t9-,10+. The fraction of sp³-hybridized carbons (Fsp3) is 0.500. The fourth-order valence-corrected chi connectivity index (χ4v) is 3.91. The molecule has 4 rings (SSSR count). The Balaban J connectivity index is 1.62. The molecule has 0 saturated carbocycles. The Morgan fingerprint density at radius 1 is 1.28 bits per heavy atom. The average Bonchev–Trinajstić information content (AvgIpc) is 3.03. The summed E-state index contributed by atoms with van der Waals surface area (Å²) in [4.78, 5) is 7.10. The predicted octanol–water partition coefficient (Wildman–Crippen LogP) is 2.50. The zero-order valence-corrected chi connectivity index (χ0v) is 12.3. The number of ether oxygens (including phenoxy) is 1. The minimum Gasteiger partial charge on any atom is -0.381 e. The summed E-state index contributed by atoms with van der Waals surface area (Å²) in [7, 11) is 0. The van der Waals surface area contributed by atoms with E-state index in [2.05, 4.69) is 44.6 Å². The van der Waals surface area contributed by atoms with Crippen molar-refractivity contribution in [1.29, 1.82) is 0 Å². The first-order valence-corrected chi connectivity index (χ1v) is 7.57. The van der Waals surface area contributed by atoms with Crippen molar-refractivity contribution < 1.29 is 4.74 Å². The summed E-state index contributed by atoms with van der Waals surface area (Å²) < 4.78 is 6.88. The molecule has 0 unspecified atom stereocenters. The van der Waals surface area contributed by atoms with Crippen molar-refractivity contribution in [2.45, 2.75) is 6.42 Å². The van der Waals surface area contributed by atoms with Crippen LogP contribution in [0.3, 0.4) is 0 Å². The van der Waals surface area contributed by atoms with Crippen LogP contribution in [0.25, 0.3) is 3.58 Å². The summed E-state index contributed by atoms with van der Waals surface area (Å²) in [5, 5.41) is 0. The zero-order valence-electron chi connectivity index (χ0n) is 10.1. The molecule has 1 aromatic rings.